The molecule has 0 saturated heterocycles. The second kappa shape index (κ2) is 4.85. The Morgan fingerprint density at radius 3 is 2.29 bits per heavy atom. The van der Waals surface area contributed by atoms with Gasteiger partial charge in [0.05, 0.1) is 0 Å². The van der Waals surface area contributed by atoms with E-state index in [1.54, 1.807) is 30.3 Å². The zero-order valence-electron chi connectivity index (χ0n) is 7.50. The number of aliphatic hydroxyl groups excluding tert-OH is 3. The number of carbonyl (C=O) groups excluding carboxylic acids is 1. The average molecular weight is 196 g/mol. The number of hydrogen-bond acceptors (Lipinski definition) is 4. The summed E-state index contributed by atoms with van der Waals surface area (Å²) in [6, 6.07) is 8.33. The largest absolute Gasteiger partial charge is 0.388 e. The normalized spacial score (nSPS) is 14.8. The summed E-state index contributed by atoms with van der Waals surface area (Å²) >= 11 is 0. The van der Waals surface area contributed by atoms with Gasteiger partial charge < -0.3 is 15.3 Å². The van der Waals surface area contributed by atoms with E-state index in [0.29, 0.717) is 5.56 Å². The molecule has 4 nitrogen and oxygen atoms in total. The second-order valence-corrected chi connectivity index (χ2v) is 2.92. The summed E-state index contributed by atoms with van der Waals surface area (Å²) in [6.45, 7) is -0.773. The monoisotopic (exact) mass is 196 g/mol. The van der Waals surface area contributed by atoms with Crippen LogP contribution in [0.2, 0.25) is 0 Å². The van der Waals surface area contributed by atoms with E-state index < -0.39 is 24.6 Å². The number of rotatable bonds is 4. The number of hydrogen-bond donors (Lipinski definition) is 3. The van der Waals surface area contributed by atoms with E-state index in [-0.39, 0.29) is 0 Å². The molecule has 2 atom stereocenters. The average Bonchev–Trinajstić information content (AvgIpc) is 2.27. The first kappa shape index (κ1) is 10.8. The van der Waals surface area contributed by atoms with Crippen LogP contribution in [0.1, 0.15) is 11.7 Å². The zero-order valence-corrected chi connectivity index (χ0v) is 7.50. The highest BCUT2D eigenvalue weighted by Crippen LogP contribution is 2.16. The van der Waals surface area contributed by atoms with E-state index >= 15 is 0 Å². The molecule has 3 N–H and O–H groups in total. The van der Waals surface area contributed by atoms with Crippen LogP contribution in [0.15, 0.2) is 30.3 Å². The summed E-state index contributed by atoms with van der Waals surface area (Å²) < 4.78 is 0. The third-order valence-corrected chi connectivity index (χ3v) is 1.93. The molecule has 0 heterocycles. The van der Waals surface area contributed by atoms with Gasteiger partial charge in [0.25, 0.3) is 0 Å². The molecule has 0 bridgehead atoms. The minimum Gasteiger partial charge on any atom is -0.388 e. The van der Waals surface area contributed by atoms with E-state index in [0.717, 1.165) is 0 Å². The van der Waals surface area contributed by atoms with Crippen molar-refractivity contribution in [2.75, 3.05) is 6.61 Å². The lowest BCUT2D eigenvalue weighted by molar-refractivity contribution is -0.135. The minimum absolute atomic E-state index is 0.446. The highest BCUT2D eigenvalue weighted by Gasteiger charge is 2.24. The molecular weight excluding hydrogens is 184 g/mol. The van der Waals surface area contributed by atoms with Gasteiger partial charge in [0.2, 0.25) is 0 Å². The zero-order chi connectivity index (χ0) is 10.6. The Bertz CT molecular complexity index is 296. The van der Waals surface area contributed by atoms with E-state index in [1.807, 2.05) is 0 Å². The summed E-state index contributed by atoms with van der Waals surface area (Å²) in [6.07, 6.45) is -2.85. The Labute approximate surface area is 81.4 Å². The van der Waals surface area contributed by atoms with Crippen molar-refractivity contribution in [1.82, 2.24) is 0 Å². The van der Waals surface area contributed by atoms with Crippen LogP contribution in [0.3, 0.4) is 0 Å². The predicted octanol–water partition coefficient (Wildman–Crippen LogP) is -0.358. The molecule has 1 rings (SSSR count). The number of benzene rings is 1. The standard InChI is InChI=1S/C10H12O4/c11-6-8(12)10(14)9(13)7-4-2-1-3-5-7/h1-5,9-11,13-14H,6H2/t9-,10-/m1/s1. The van der Waals surface area contributed by atoms with Gasteiger partial charge in [-0.05, 0) is 5.56 Å². The summed E-state index contributed by atoms with van der Waals surface area (Å²) in [5.41, 5.74) is 0.446. The topological polar surface area (TPSA) is 77.8 Å². The van der Waals surface area contributed by atoms with Crippen molar-refractivity contribution in [2.24, 2.45) is 0 Å². The molecule has 0 amide bonds. The van der Waals surface area contributed by atoms with Crippen LogP contribution >= 0.6 is 0 Å². The molecular formula is C10H12O4. The number of aliphatic hydroxyl groups is 3. The van der Waals surface area contributed by atoms with Gasteiger partial charge in [-0.1, -0.05) is 30.3 Å². The van der Waals surface area contributed by atoms with Gasteiger partial charge in [-0.15, -0.1) is 0 Å². The lowest BCUT2D eigenvalue weighted by Crippen LogP contribution is -2.30. The Morgan fingerprint density at radius 1 is 1.21 bits per heavy atom. The molecule has 1 aromatic rings. The molecule has 14 heavy (non-hydrogen) atoms. The molecule has 76 valence electrons. The van der Waals surface area contributed by atoms with Crippen LogP contribution in [-0.2, 0) is 4.79 Å². The van der Waals surface area contributed by atoms with Crippen LogP contribution in [0.4, 0.5) is 0 Å². The number of carbonyl (C=O) groups is 1. The van der Waals surface area contributed by atoms with Crippen LogP contribution in [0, 0.1) is 0 Å². The molecule has 0 aliphatic rings. The Hall–Kier alpha value is -1.23. The van der Waals surface area contributed by atoms with E-state index in [1.165, 1.54) is 0 Å². The molecule has 0 fully saturated rings. The van der Waals surface area contributed by atoms with Crippen molar-refractivity contribution in [2.45, 2.75) is 12.2 Å². The van der Waals surface area contributed by atoms with Gasteiger partial charge in [0.15, 0.2) is 5.78 Å². The lowest BCUT2D eigenvalue weighted by atomic mass is 10.0. The van der Waals surface area contributed by atoms with Crippen molar-refractivity contribution in [1.29, 1.82) is 0 Å². The van der Waals surface area contributed by atoms with E-state index in [4.69, 9.17) is 5.11 Å². The van der Waals surface area contributed by atoms with E-state index in [2.05, 4.69) is 0 Å². The molecule has 0 aromatic heterocycles. The van der Waals surface area contributed by atoms with Gasteiger partial charge in [0.1, 0.15) is 18.8 Å². The van der Waals surface area contributed by atoms with Crippen molar-refractivity contribution >= 4 is 5.78 Å². The maximum Gasteiger partial charge on any atom is 0.189 e. The Morgan fingerprint density at radius 2 is 1.79 bits per heavy atom. The second-order valence-electron chi connectivity index (χ2n) is 2.92. The predicted molar refractivity (Wildman–Crippen MR) is 49.5 cm³/mol. The molecule has 1 aromatic carbocycles. The molecule has 0 unspecified atom stereocenters. The van der Waals surface area contributed by atoms with Crippen LogP contribution in [-0.4, -0.2) is 33.8 Å². The summed E-state index contributed by atoms with van der Waals surface area (Å²) in [4.78, 5) is 10.9. The van der Waals surface area contributed by atoms with Crippen molar-refractivity contribution in [3.05, 3.63) is 35.9 Å². The first-order chi connectivity index (χ1) is 6.66. The van der Waals surface area contributed by atoms with Crippen LogP contribution in [0.25, 0.3) is 0 Å². The van der Waals surface area contributed by atoms with Crippen LogP contribution < -0.4 is 0 Å². The first-order valence-electron chi connectivity index (χ1n) is 4.21. The van der Waals surface area contributed by atoms with Gasteiger partial charge in [-0.2, -0.15) is 0 Å². The summed E-state index contributed by atoms with van der Waals surface area (Å²) in [5.74, 6) is -0.790. The first-order valence-corrected chi connectivity index (χ1v) is 4.21. The fourth-order valence-electron chi connectivity index (χ4n) is 1.10. The lowest BCUT2D eigenvalue weighted by Gasteiger charge is -2.15. The maximum absolute atomic E-state index is 10.9. The van der Waals surface area contributed by atoms with Crippen LogP contribution in [0.5, 0.6) is 0 Å². The highest BCUT2D eigenvalue weighted by molar-refractivity contribution is 5.84. The number of Topliss-reactive ketones (excluding diaryl/α,β-unsaturated/α-hetero) is 1. The van der Waals surface area contributed by atoms with E-state index in [9.17, 15) is 15.0 Å². The molecule has 0 radical (unpaired) electrons. The minimum atomic E-state index is -1.57. The van der Waals surface area contributed by atoms with Crippen molar-refractivity contribution < 1.29 is 20.1 Å². The van der Waals surface area contributed by atoms with Crippen molar-refractivity contribution in [3.8, 4) is 0 Å². The fourth-order valence-corrected chi connectivity index (χ4v) is 1.10. The summed E-state index contributed by atoms with van der Waals surface area (Å²) in [7, 11) is 0. The molecule has 0 aliphatic heterocycles. The smallest absolute Gasteiger partial charge is 0.189 e. The van der Waals surface area contributed by atoms with Gasteiger partial charge >= 0.3 is 0 Å². The maximum atomic E-state index is 10.9. The number of ketones is 1. The summed E-state index contributed by atoms with van der Waals surface area (Å²) in [5, 5.41) is 27.3. The van der Waals surface area contributed by atoms with Crippen molar-refractivity contribution in [3.63, 3.8) is 0 Å². The molecule has 4 heteroatoms. The van der Waals surface area contributed by atoms with Gasteiger partial charge in [-0.3, -0.25) is 4.79 Å². The third-order valence-electron chi connectivity index (χ3n) is 1.93. The quantitative estimate of drug-likeness (QED) is 0.614. The third kappa shape index (κ3) is 2.38. The molecule has 0 spiro atoms. The van der Waals surface area contributed by atoms with Gasteiger partial charge in [-0.25, -0.2) is 0 Å². The fraction of sp³-hybridized carbons (Fsp3) is 0.300. The molecule has 0 aliphatic carbocycles. The Kier molecular flexibility index (Phi) is 3.76. The highest BCUT2D eigenvalue weighted by atomic mass is 16.3. The molecule has 0 saturated carbocycles. The Balaban J connectivity index is 2.75. The SMILES string of the molecule is O=C(CO)[C@@H](O)[C@H](O)c1ccccc1. The van der Waals surface area contributed by atoms with Gasteiger partial charge in [0, 0.05) is 0 Å².